The molecule has 4 amide bonds. The zero-order chi connectivity index (χ0) is 25.4. The van der Waals surface area contributed by atoms with Gasteiger partial charge in [0.15, 0.2) is 3.95 Å². The van der Waals surface area contributed by atoms with Gasteiger partial charge < -0.3 is 10.6 Å². The molecule has 2 unspecified atom stereocenters. The minimum absolute atomic E-state index is 0.0561. The summed E-state index contributed by atoms with van der Waals surface area (Å²) in [6.07, 6.45) is 0.0561. The van der Waals surface area contributed by atoms with Crippen LogP contribution >= 0.6 is 23.6 Å². The van der Waals surface area contributed by atoms with Crippen LogP contribution in [0.4, 0.5) is 9.93 Å². The van der Waals surface area contributed by atoms with Gasteiger partial charge in [-0.15, -0.1) is 5.10 Å². The summed E-state index contributed by atoms with van der Waals surface area (Å²) in [6, 6.07) is 12.9. The van der Waals surface area contributed by atoms with Crippen LogP contribution in [-0.2, 0) is 26.0 Å². The van der Waals surface area contributed by atoms with Gasteiger partial charge in [-0.1, -0.05) is 59.9 Å². The van der Waals surface area contributed by atoms with Crippen LogP contribution in [0.3, 0.4) is 0 Å². The predicted octanol–water partition coefficient (Wildman–Crippen LogP) is 1.94. The van der Waals surface area contributed by atoms with Crippen LogP contribution in [0.15, 0.2) is 65.6 Å². The number of sulfonamides is 1. The van der Waals surface area contributed by atoms with Crippen LogP contribution in [-0.4, -0.2) is 48.5 Å². The van der Waals surface area contributed by atoms with E-state index in [1.54, 1.807) is 36.4 Å². The van der Waals surface area contributed by atoms with Crippen molar-refractivity contribution < 1.29 is 22.8 Å². The van der Waals surface area contributed by atoms with Crippen molar-refractivity contribution in [3.05, 3.63) is 70.2 Å². The zero-order valence-corrected chi connectivity index (χ0v) is 20.8. The van der Waals surface area contributed by atoms with Gasteiger partial charge in [-0.2, -0.15) is 0 Å². The van der Waals surface area contributed by atoms with Crippen molar-refractivity contribution in [2.45, 2.75) is 30.3 Å². The molecule has 0 saturated carbocycles. The van der Waals surface area contributed by atoms with Gasteiger partial charge in [0.2, 0.25) is 16.9 Å². The first-order valence-corrected chi connectivity index (χ1v) is 12.9. The first-order valence-electron chi connectivity index (χ1n) is 10.2. The molecule has 3 rings (SSSR count). The number of anilines is 1. The number of hydrogen-bond donors (Lipinski definition) is 5. The highest BCUT2D eigenvalue weighted by Crippen LogP contribution is 2.11. The summed E-state index contributed by atoms with van der Waals surface area (Å²) in [5.74, 6) is -1.23. The number of H-pyrrole nitrogens is 1. The molecule has 0 radical (unpaired) electrons. The van der Waals surface area contributed by atoms with Gasteiger partial charge in [0.05, 0.1) is 4.90 Å². The number of hydrogen-bond acceptors (Lipinski definition) is 8. The molecule has 0 spiro atoms. The highest BCUT2D eigenvalue weighted by molar-refractivity contribution is 7.90. The van der Waals surface area contributed by atoms with E-state index in [1.807, 2.05) is 4.72 Å². The van der Waals surface area contributed by atoms with Crippen molar-refractivity contribution in [1.82, 2.24) is 25.6 Å². The zero-order valence-electron chi connectivity index (χ0n) is 18.3. The third kappa shape index (κ3) is 7.70. The summed E-state index contributed by atoms with van der Waals surface area (Å²) in [6.45, 7) is 1.46. The molecule has 2 aromatic carbocycles. The van der Waals surface area contributed by atoms with E-state index in [9.17, 15) is 22.8 Å². The Hall–Kier alpha value is -3.62. The highest BCUT2D eigenvalue weighted by atomic mass is 32.2. The number of carbonyl (C=O) groups excluding carboxylic acids is 3. The first kappa shape index (κ1) is 26.0. The summed E-state index contributed by atoms with van der Waals surface area (Å²) in [5.41, 5.74) is 0.715. The maximum absolute atomic E-state index is 13.0. The molecule has 0 aliphatic rings. The summed E-state index contributed by atoms with van der Waals surface area (Å²) < 4.78 is 27.2. The van der Waals surface area contributed by atoms with Gasteiger partial charge >= 0.3 is 6.03 Å². The van der Waals surface area contributed by atoms with Crippen LogP contribution in [0.1, 0.15) is 12.5 Å². The second-order valence-corrected chi connectivity index (χ2v) is 10.6. The molecule has 2 atom stereocenters. The molecule has 11 nitrogen and oxygen atoms in total. The number of nitrogens with one attached hydrogen (secondary N) is 5. The number of aromatic nitrogens is 2. The third-order valence-electron chi connectivity index (χ3n) is 4.61. The summed E-state index contributed by atoms with van der Waals surface area (Å²) in [4.78, 5) is 37.8. The minimum atomic E-state index is -4.15. The van der Waals surface area contributed by atoms with Crippen molar-refractivity contribution in [3.63, 3.8) is 0 Å². The second-order valence-electron chi connectivity index (χ2n) is 7.27. The number of aromatic amines is 1. The number of nitrogens with zero attached hydrogens (tertiary/aromatic N) is 1. The van der Waals surface area contributed by atoms with Gasteiger partial charge in [0.25, 0.3) is 10.0 Å². The average molecular weight is 535 g/mol. The Labute approximate surface area is 210 Å². The van der Waals surface area contributed by atoms with E-state index in [1.165, 1.54) is 31.2 Å². The van der Waals surface area contributed by atoms with Gasteiger partial charge in [0, 0.05) is 6.42 Å². The lowest BCUT2D eigenvalue weighted by molar-refractivity contribution is -0.127. The fourth-order valence-corrected chi connectivity index (χ4v) is 4.63. The molecule has 0 aliphatic carbocycles. The molecule has 0 fully saturated rings. The largest absolute Gasteiger partial charge is 0.343 e. The fourth-order valence-electron chi connectivity index (χ4n) is 2.90. The molecule has 0 saturated heterocycles. The molecular formula is C21H22N6O5S3. The Morgan fingerprint density at radius 2 is 1.63 bits per heavy atom. The second kappa shape index (κ2) is 11.7. The quantitative estimate of drug-likeness (QED) is 0.262. The normalized spacial score (nSPS) is 12.7. The molecule has 184 valence electrons. The smallest absolute Gasteiger partial charge is 0.329 e. The van der Waals surface area contributed by atoms with E-state index in [2.05, 4.69) is 26.1 Å². The van der Waals surface area contributed by atoms with Crippen LogP contribution < -0.4 is 20.7 Å². The standard InChI is InChI=1S/C21H22N6O5S3/c1-13(17(28)24-20-25-26-21(33)34-20)22-18(29)16(12-14-8-4-2-5-9-14)23-19(30)27-35(31,32)15-10-6-3-7-11-15/h2-11,13,16H,12H2,1H3,(H,22,29)(H,26,33)(H2,23,27,30)(H,24,25,28). The molecule has 1 heterocycles. The van der Waals surface area contributed by atoms with E-state index in [0.29, 0.717) is 9.52 Å². The molecule has 0 aliphatic heterocycles. The van der Waals surface area contributed by atoms with Crippen molar-refractivity contribution in [2.24, 2.45) is 0 Å². The lowest BCUT2D eigenvalue weighted by Crippen LogP contribution is -2.54. The topological polar surface area (TPSA) is 162 Å². The summed E-state index contributed by atoms with van der Waals surface area (Å²) in [7, 11) is -4.15. The first-order chi connectivity index (χ1) is 16.6. The monoisotopic (exact) mass is 534 g/mol. The van der Waals surface area contributed by atoms with Gasteiger partial charge in [-0.25, -0.2) is 17.9 Å². The van der Waals surface area contributed by atoms with Crippen LogP contribution in [0.5, 0.6) is 0 Å². The van der Waals surface area contributed by atoms with Crippen LogP contribution in [0.2, 0.25) is 0 Å². The van der Waals surface area contributed by atoms with E-state index in [0.717, 1.165) is 11.3 Å². The van der Waals surface area contributed by atoms with Gasteiger partial charge in [-0.05, 0) is 36.8 Å². The molecule has 14 heteroatoms. The van der Waals surface area contributed by atoms with E-state index in [4.69, 9.17) is 12.2 Å². The Kier molecular flexibility index (Phi) is 8.68. The Bertz CT molecular complexity index is 1340. The van der Waals surface area contributed by atoms with Crippen LogP contribution in [0.25, 0.3) is 0 Å². The van der Waals surface area contributed by atoms with E-state index < -0.39 is 40.0 Å². The molecule has 3 aromatic rings. The predicted molar refractivity (Wildman–Crippen MR) is 133 cm³/mol. The summed E-state index contributed by atoms with van der Waals surface area (Å²) in [5, 5.41) is 14.0. The van der Waals surface area contributed by atoms with Crippen molar-refractivity contribution >= 4 is 56.6 Å². The Morgan fingerprint density at radius 1 is 1.00 bits per heavy atom. The molecule has 0 bridgehead atoms. The van der Waals surface area contributed by atoms with Crippen molar-refractivity contribution in [3.8, 4) is 0 Å². The highest BCUT2D eigenvalue weighted by Gasteiger charge is 2.27. The molecular weight excluding hydrogens is 512 g/mol. The molecule has 1 aromatic heterocycles. The van der Waals surface area contributed by atoms with Crippen molar-refractivity contribution in [1.29, 1.82) is 0 Å². The average Bonchev–Trinajstić information content (AvgIpc) is 3.23. The minimum Gasteiger partial charge on any atom is -0.343 e. The number of carbonyl (C=O) groups is 3. The lowest BCUT2D eigenvalue weighted by atomic mass is 10.1. The number of rotatable bonds is 9. The fraction of sp³-hybridized carbons (Fsp3) is 0.190. The van der Waals surface area contributed by atoms with Crippen molar-refractivity contribution in [2.75, 3.05) is 5.32 Å². The Balaban J connectivity index is 1.69. The van der Waals surface area contributed by atoms with E-state index in [-0.39, 0.29) is 16.4 Å². The number of amides is 4. The number of urea groups is 1. The maximum atomic E-state index is 13.0. The molecule has 5 N–H and O–H groups in total. The number of benzene rings is 2. The lowest BCUT2D eigenvalue weighted by Gasteiger charge is -2.21. The van der Waals surface area contributed by atoms with Gasteiger partial charge in [0.1, 0.15) is 12.1 Å². The summed E-state index contributed by atoms with van der Waals surface area (Å²) >= 11 is 5.97. The Morgan fingerprint density at radius 3 is 2.23 bits per heavy atom. The maximum Gasteiger partial charge on any atom is 0.329 e. The SMILES string of the molecule is CC(NC(=O)C(Cc1ccccc1)NC(=O)NS(=O)(=O)c1ccccc1)C(=O)Nc1n[nH]c(=S)s1. The van der Waals surface area contributed by atoms with Gasteiger partial charge in [-0.3, -0.25) is 20.0 Å². The molecule has 35 heavy (non-hydrogen) atoms. The van der Waals surface area contributed by atoms with Crippen LogP contribution in [0, 0.1) is 3.95 Å². The third-order valence-corrected chi connectivity index (χ3v) is 6.96. The van der Waals surface area contributed by atoms with E-state index >= 15 is 0 Å².